The minimum absolute atomic E-state index is 0.0558. The van der Waals surface area contributed by atoms with Gasteiger partial charge in [-0.1, -0.05) is 24.3 Å². The van der Waals surface area contributed by atoms with Crippen LogP contribution >= 0.6 is 0 Å². The van der Waals surface area contributed by atoms with Crippen LogP contribution in [0.15, 0.2) is 54.7 Å². The number of aromatic nitrogens is 2. The molecule has 39 heavy (non-hydrogen) atoms. The molecule has 9 nitrogen and oxygen atoms in total. The third kappa shape index (κ3) is 7.00. The lowest BCUT2D eigenvalue weighted by Crippen LogP contribution is -2.36. The summed E-state index contributed by atoms with van der Waals surface area (Å²) in [5.41, 5.74) is 11.0. The fourth-order valence-corrected chi connectivity index (χ4v) is 4.46. The predicted octanol–water partition coefficient (Wildman–Crippen LogP) is 4.51. The van der Waals surface area contributed by atoms with E-state index in [-0.39, 0.29) is 18.6 Å². The highest BCUT2D eigenvalue weighted by Gasteiger charge is 2.24. The summed E-state index contributed by atoms with van der Waals surface area (Å²) in [5.74, 6) is 1.78. The zero-order valence-corrected chi connectivity index (χ0v) is 23.0. The molecule has 0 saturated heterocycles. The quantitative estimate of drug-likeness (QED) is 0.286. The SMILES string of the molecule is CC(C)NC(=O)COc1cccc(-c2nc3c(c(Nc4ccc(/C(C=N)=C/N)cc4)n2)CN(C(C)C)CC3)c1. The molecule has 2 aromatic carbocycles. The molecule has 1 amide bonds. The number of fused-ring (bicyclic) bond motifs is 1. The van der Waals surface area contributed by atoms with Gasteiger partial charge in [-0.25, -0.2) is 9.97 Å². The minimum Gasteiger partial charge on any atom is -0.484 e. The molecule has 0 spiro atoms. The average Bonchev–Trinajstić information content (AvgIpc) is 2.93. The Balaban J connectivity index is 1.65. The third-order valence-corrected chi connectivity index (χ3v) is 6.55. The summed E-state index contributed by atoms with van der Waals surface area (Å²) >= 11 is 0. The van der Waals surface area contributed by atoms with Gasteiger partial charge >= 0.3 is 0 Å². The Kier molecular flexibility index (Phi) is 8.93. The summed E-state index contributed by atoms with van der Waals surface area (Å²) in [7, 11) is 0. The summed E-state index contributed by atoms with van der Waals surface area (Å²) in [6, 6.07) is 15.7. The molecular formula is C30H37N7O2. The Morgan fingerprint density at radius 1 is 1.15 bits per heavy atom. The van der Waals surface area contributed by atoms with E-state index in [4.69, 9.17) is 25.8 Å². The van der Waals surface area contributed by atoms with Gasteiger partial charge in [-0.15, -0.1) is 0 Å². The molecule has 1 aliphatic rings. The molecule has 1 aliphatic heterocycles. The topological polar surface area (TPSA) is 129 Å². The zero-order valence-electron chi connectivity index (χ0n) is 23.0. The molecular weight excluding hydrogens is 490 g/mol. The first-order valence-electron chi connectivity index (χ1n) is 13.2. The van der Waals surface area contributed by atoms with Crippen molar-refractivity contribution in [3.63, 3.8) is 0 Å². The number of anilines is 2. The fraction of sp³-hybridized carbons (Fsp3) is 0.333. The van der Waals surface area contributed by atoms with Crippen molar-refractivity contribution in [2.24, 2.45) is 5.73 Å². The van der Waals surface area contributed by atoms with E-state index in [0.29, 0.717) is 23.2 Å². The smallest absolute Gasteiger partial charge is 0.258 e. The van der Waals surface area contributed by atoms with Crippen molar-refractivity contribution in [2.75, 3.05) is 18.5 Å². The largest absolute Gasteiger partial charge is 0.484 e. The summed E-state index contributed by atoms with van der Waals surface area (Å²) in [6.45, 7) is 9.86. The first-order valence-corrected chi connectivity index (χ1v) is 13.2. The van der Waals surface area contributed by atoms with Gasteiger partial charge in [0.15, 0.2) is 12.4 Å². The number of hydrogen-bond acceptors (Lipinski definition) is 8. The second-order valence-electron chi connectivity index (χ2n) is 10.1. The maximum Gasteiger partial charge on any atom is 0.258 e. The van der Waals surface area contributed by atoms with Gasteiger partial charge in [0.25, 0.3) is 5.91 Å². The van der Waals surface area contributed by atoms with Crippen LogP contribution in [-0.2, 0) is 17.8 Å². The molecule has 2 heterocycles. The summed E-state index contributed by atoms with van der Waals surface area (Å²) in [6.07, 6.45) is 3.49. The number of allylic oxidation sites excluding steroid dienone is 1. The van der Waals surface area contributed by atoms with Gasteiger partial charge in [0.2, 0.25) is 0 Å². The Morgan fingerprint density at radius 3 is 2.59 bits per heavy atom. The number of ether oxygens (including phenoxy) is 1. The molecule has 0 bridgehead atoms. The lowest BCUT2D eigenvalue weighted by atomic mass is 10.0. The zero-order chi connectivity index (χ0) is 27.9. The molecule has 0 saturated carbocycles. The van der Waals surface area contributed by atoms with Crippen molar-refractivity contribution in [2.45, 2.75) is 52.7 Å². The fourth-order valence-electron chi connectivity index (χ4n) is 4.46. The first kappa shape index (κ1) is 27.8. The molecule has 0 fully saturated rings. The molecule has 3 aromatic rings. The normalized spacial score (nSPS) is 13.7. The monoisotopic (exact) mass is 527 g/mol. The van der Waals surface area contributed by atoms with Crippen LogP contribution < -0.4 is 21.1 Å². The molecule has 9 heteroatoms. The highest BCUT2D eigenvalue weighted by molar-refractivity contribution is 6.08. The molecule has 0 radical (unpaired) electrons. The van der Waals surface area contributed by atoms with E-state index < -0.39 is 0 Å². The highest BCUT2D eigenvalue weighted by atomic mass is 16.5. The maximum absolute atomic E-state index is 12.0. The van der Waals surface area contributed by atoms with E-state index in [0.717, 1.165) is 53.4 Å². The summed E-state index contributed by atoms with van der Waals surface area (Å²) in [4.78, 5) is 24.4. The van der Waals surface area contributed by atoms with Crippen LogP contribution in [0.2, 0.25) is 0 Å². The van der Waals surface area contributed by atoms with Crippen LogP contribution in [0.1, 0.15) is 44.5 Å². The van der Waals surface area contributed by atoms with E-state index in [2.05, 4.69) is 29.4 Å². The van der Waals surface area contributed by atoms with E-state index in [1.54, 1.807) is 0 Å². The van der Waals surface area contributed by atoms with E-state index >= 15 is 0 Å². The molecule has 0 unspecified atom stereocenters. The van der Waals surface area contributed by atoms with E-state index in [9.17, 15) is 4.79 Å². The lowest BCUT2D eigenvalue weighted by molar-refractivity contribution is -0.123. The molecule has 0 aliphatic carbocycles. The number of nitrogens with two attached hydrogens (primary N) is 1. The molecule has 4 rings (SSSR count). The maximum atomic E-state index is 12.0. The van der Waals surface area contributed by atoms with Crippen molar-refractivity contribution in [3.05, 3.63) is 71.6 Å². The number of carbonyl (C=O) groups excluding carboxylic acids is 1. The van der Waals surface area contributed by atoms with Crippen molar-refractivity contribution < 1.29 is 9.53 Å². The Bertz CT molecular complexity index is 1350. The molecule has 5 N–H and O–H groups in total. The summed E-state index contributed by atoms with van der Waals surface area (Å²) < 4.78 is 5.74. The summed E-state index contributed by atoms with van der Waals surface area (Å²) in [5, 5.41) is 13.9. The average molecular weight is 528 g/mol. The minimum atomic E-state index is -0.165. The van der Waals surface area contributed by atoms with Crippen LogP contribution in [0.25, 0.3) is 17.0 Å². The molecule has 204 valence electrons. The van der Waals surface area contributed by atoms with Crippen molar-refractivity contribution in [1.82, 2.24) is 20.2 Å². The second kappa shape index (κ2) is 12.5. The van der Waals surface area contributed by atoms with Crippen molar-refractivity contribution in [1.29, 1.82) is 5.41 Å². The van der Waals surface area contributed by atoms with Gasteiger partial charge in [-0.3, -0.25) is 9.69 Å². The number of hydrogen-bond donors (Lipinski definition) is 4. The number of nitrogens with zero attached hydrogens (tertiary/aromatic N) is 3. The van der Waals surface area contributed by atoms with Crippen LogP contribution in [0, 0.1) is 5.41 Å². The third-order valence-electron chi connectivity index (χ3n) is 6.55. The number of nitrogens with one attached hydrogen (secondary N) is 3. The van der Waals surface area contributed by atoms with Crippen LogP contribution in [0.5, 0.6) is 5.75 Å². The van der Waals surface area contributed by atoms with Crippen LogP contribution in [-0.4, -0.2) is 52.2 Å². The van der Waals surface area contributed by atoms with Gasteiger partial charge in [0.1, 0.15) is 11.6 Å². The van der Waals surface area contributed by atoms with E-state index in [1.807, 2.05) is 62.4 Å². The van der Waals surface area contributed by atoms with Gasteiger partial charge in [0.05, 0.1) is 5.69 Å². The number of carbonyl (C=O) groups is 1. The first-order chi connectivity index (χ1) is 18.8. The lowest BCUT2D eigenvalue weighted by Gasteiger charge is -2.32. The van der Waals surface area contributed by atoms with Gasteiger partial charge in [-0.2, -0.15) is 0 Å². The predicted molar refractivity (Wildman–Crippen MR) is 156 cm³/mol. The van der Waals surface area contributed by atoms with Crippen molar-refractivity contribution >= 4 is 29.2 Å². The standard InChI is InChI=1S/C30H37N7O2/c1-19(2)33-28(38)18-39-25-7-5-6-22(14-25)29-35-27-12-13-37(20(3)4)17-26(27)30(36-29)34-24-10-8-21(9-11-24)23(15-31)16-32/h5-11,14-16,19-20,31H,12-13,17-18,32H2,1-4H3,(H,33,38)(H,34,35,36)/b23-16+,31-15?. The van der Waals surface area contributed by atoms with Crippen molar-refractivity contribution in [3.8, 4) is 17.1 Å². The van der Waals surface area contributed by atoms with E-state index in [1.165, 1.54) is 12.4 Å². The Hall–Kier alpha value is -4.24. The number of rotatable bonds is 10. The molecule has 1 aromatic heterocycles. The Morgan fingerprint density at radius 2 is 1.92 bits per heavy atom. The van der Waals surface area contributed by atoms with Gasteiger partial charge in [-0.05, 0) is 57.5 Å². The number of amides is 1. The Labute approximate surface area is 230 Å². The number of benzene rings is 2. The van der Waals surface area contributed by atoms with Crippen LogP contribution in [0.4, 0.5) is 11.5 Å². The molecule has 0 atom stereocenters. The highest BCUT2D eigenvalue weighted by Crippen LogP contribution is 2.31. The van der Waals surface area contributed by atoms with Crippen LogP contribution in [0.3, 0.4) is 0 Å². The second-order valence-corrected chi connectivity index (χ2v) is 10.1. The van der Waals surface area contributed by atoms with Gasteiger partial charge < -0.3 is 26.5 Å². The van der Waals surface area contributed by atoms with Gasteiger partial charge in [0, 0.05) is 66.4 Å².